The zero-order valence-corrected chi connectivity index (χ0v) is 12.4. The second kappa shape index (κ2) is 6.77. The van der Waals surface area contributed by atoms with E-state index in [0.717, 1.165) is 25.1 Å². The van der Waals surface area contributed by atoms with Gasteiger partial charge >= 0.3 is 12.6 Å². The van der Waals surface area contributed by atoms with Crippen molar-refractivity contribution in [3.8, 4) is 5.75 Å². The van der Waals surface area contributed by atoms with Crippen LogP contribution < -0.4 is 15.4 Å². The number of halogens is 3. The lowest BCUT2D eigenvalue weighted by molar-refractivity contribution is -0.0521. The molecule has 10 heteroatoms. The first-order valence-corrected chi connectivity index (χ1v) is 7.22. The molecule has 2 amide bonds. The van der Waals surface area contributed by atoms with Gasteiger partial charge in [0.05, 0.1) is 6.04 Å². The number of hydrogen-bond donors (Lipinski definition) is 2. The summed E-state index contributed by atoms with van der Waals surface area (Å²) < 4.78 is 43.5. The summed E-state index contributed by atoms with van der Waals surface area (Å²) in [4.78, 5) is 16.1. The van der Waals surface area contributed by atoms with E-state index in [0.29, 0.717) is 12.2 Å². The molecule has 3 rings (SSSR count). The smallest absolute Gasteiger partial charge is 0.387 e. The third kappa shape index (κ3) is 3.58. The molecule has 0 radical (unpaired) electrons. The SMILES string of the molecule is O=C(Nc1ccc(OC(F)F)c(F)c1)N[C@@H]1CCCn2ncnc21. The summed E-state index contributed by atoms with van der Waals surface area (Å²) in [5.41, 5.74) is 0.115. The molecule has 7 nitrogen and oxygen atoms in total. The van der Waals surface area contributed by atoms with Crippen molar-refractivity contribution in [2.45, 2.75) is 32.0 Å². The summed E-state index contributed by atoms with van der Waals surface area (Å²) in [5.74, 6) is -0.926. The van der Waals surface area contributed by atoms with Gasteiger partial charge in [0.1, 0.15) is 12.2 Å². The van der Waals surface area contributed by atoms with Crippen LogP contribution >= 0.6 is 0 Å². The summed E-state index contributed by atoms with van der Waals surface area (Å²) in [6.45, 7) is -2.38. The second-order valence-corrected chi connectivity index (χ2v) is 5.16. The van der Waals surface area contributed by atoms with Gasteiger partial charge in [-0.3, -0.25) is 0 Å². The van der Waals surface area contributed by atoms with Crippen molar-refractivity contribution in [1.29, 1.82) is 0 Å². The maximum atomic E-state index is 13.6. The van der Waals surface area contributed by atoms with E-state index >= 15 is 0 Å². The van der Waals surface area contributed by atoms with Crippen LogP contribution in [0.25, 0.3) is 0 Å². The Morgan fingerprint density at radius 3 is 3.00 bits per heavy atom. The number of rotatable bonds is 4. The number of anilines is 1. The van der Waals surface area contributed by atoms with Gasteiger partial charge in [0.25, 0.3) is 0 Å². The number of benzene rings is 1. The van der Waals surface area contributed by atoms with Crippen molar-refractivity contribution in [3.05, 3.63) is 36.2 Å². The number of nitrogens with one attached hydrogen (secondary N) is 2. The number of alkyl halides is 2. The largest absolute Gasteiger partial charge is 0.432 e. The predicted molar refractivity (Wildman–Crippen MR) is 77.2 cm³/mol. The first kappa shape index (κ1) is 16.1. The van der Waals surface area contributed by atoms with Gasteiger partial charge in [0, 0.05) is 18.3 Å². The van der Waals surface area contributed by atoms with Crippen LogP contribution in [-0.2, 0) is 6.54 Å². The van der Waals surface area contributed by atoms with Crippen LogP contribution in [0.3, 0.4) is 0 Å². The minimum absolute atomic E-state index is 0.115. The van der Waals surface area contributed by atoms with E-state index < -0.39 is 24.2 Å². The summed E-state index contributed by atoms with van der Waals surface area (Å²) in [6.07, 6.45) is 2.97. The monoisotopic (exact) mass is 341 g/mol. The number of aryl methyl sites for hydroxylation is 1. The Morgan fingerprint density at radius 1 is 1.42 bits per heavy atom. The van der Waals surface area contributed by atoms with E-state index in [1.165, 1.54) is 12.4 Å². The fourth-order valence-corrected chi connectivity index (χ4v) is 2.52. The number of fused-ring (bicyclic) bond motifs is 1. The van der Waals surface area contributed by atoms with Crippen LogP contribution in [-0.4, -0.2) is 27.4 Å². The van der Waals surface area contributed by atoms with Gasteiger partial charge < -0.3 is 15.4 Å². The maximum Gasteiger partial charge on any atom is 0.387 e. The first-order valence-electron chi connectivity index (χ1n) is 7.22. The molecule has 2 heterocycles. The van der Waals surface area contributed by atoms with E-state index in [2.05, 4.69) is 25.5 Å². The standard InChI is InChI=1S/C14H14F3N5O2/c15-9-6-8(3-4-11(9)24-13(16)17)20-14(23)21-10-2-1-5-22-12(10)18-7-19-22/h3-4,6-7,10,13H,1-2,5H2,(H2,20,21,23)/t10-/m1/s1. The van der Waals surface area contributed by atoms with Crippen LogP contribution in [0.5, 0.6) is 5.75 Å². The Labute approximate surface area is 134 Å². The number of aromatic nitrogens is 3. The van der Waals surface area contributed by atoms with Crippen LogP contribution in [0.15, 0.2) is 24.5 Å². The van der Waals surface area contributed by atoms with E-state index in [1.807, 2.05) is 0 Å². The fraction of sp³-hybridized carbons (Fsp3) is 0.357. The molecule has 24 heavy (non-hydrogen) atoms. The van der Waals surface area contributed by atoms with E-state index in [9.17, 15) is 18.0 Å². The summed E-state index contributed by atoms with van der Waals surface area (Å²) in [6, 6.07) is 2.34. The first-order chi connectivity index (χ1) is 11.5. The highest BCUT2D eigenvalue weighted by Crippen LogP contribution is 2.24. The van der Waals surface area contributed by atoms with Gasteiger partial charge in [0.2, 0.25) is 0 Å². The van der Waals surface area contributed by atoms with Crippen molar-refractivity contribution in [3.63, 3.8) is 0 Å². The lowest BCUT2D eigenvalue weighted by Crippen LogP contribution is -2.36. The van der Waals surface area contributed by atoms with Gasteiger partial charge in [-0.25, -0.2) is 18.9 Å². The Kier molecular flexibility index (Phi) is 4.54. The number of urea groups is 1. The summed E-state index contributed by atoms with van der Waals surface area (Å²) in [7, 11) is 0. The molecule has 0 unspecified atom stereocenters. The number of carbonyl (C=O) groups excluding carboxylic acids is 1. The van der Waals surface area contributed by atoms with Gasteiger partial charge in [-0.05, 0) is 25.0 Å². The summed E-state index contributed by atoms with van der Waals surface area (Å²) in [5, 5.41) is 9.22. The highest BCUT2D eigenvalue weighted by atomic mass is 19.3. The molecule has 1 aromatic carbocycles. The topological polar surface area (TPSA) is 81.1 Å². The van der Waals surface area contributed by atoms with E-state index in [-0.39, 0.29) is 11.7 Å². The minimum atomic E-state index is -3.12. The Morgan fingerprint density at radius 2 is 2.25 bits per heavy atom. The van der Waals surface area contributed by atoms with Gasteiger partial charge in [-0.2, -0.15) is 13.9 Å². The van der Waals surface area contributed by atoms with Gasteiger partial charge in [0.15, 0.2) is 11.6 Å². The third-order valence-corrected chi connectivity index (χ3v) is 3.53. The number of carbonyl (C=O) groups is 1. The summed E-state index contributed by atoms with van der Waals surface area (Å²) >= 11 is 0. The molecule has 0 spiro atoms. The molecular weight excluding hydrogens is 327 g/mol. The normalized spacial score (nSPS) is 16.6. The fourth-order valence-electron chi connectivity index (χ4n) is 2.52. The highest BCUT2D eigenvalue weighted by Gasteiger charge is 2.24. The van der Waals surface area contributed by atoms with E-state index in [1.54, 1.807) is 4.68 Å². The lowest BCUT2D eigenvalue weighted by atomic mass is 10.1. The minimum Gasteiger partial charge on any atom is -0.432 e. The third-order valence-electron chi connectivity index (χ3n) is 3.53. The number of hydrogen-bond acceptors (Lipinski definition) is 4. The molecule has 2 aromatic rings. The molecule has 1 atom stereocenters. The maximum absolute atomic E-state index is 13.6. The number of nitrogens with zero attached hydrogens (tertiary/aromatic N) is 3. The molecule has 0 fully saturated rings. The molecule has 2 N–H and O–H groups in total. The zero-order valence-electron chi connectivity index (χ0n) is 12.4. The number of ether oxygens (including phenoxy) is 1. The molecule has 0 saturated heterocycles. The van der Waals surface area contributed by atoms with Crippen molar-refractivity contribution >= 4 is 11.7 Å². The molecule has 128 valence electrons. The Bertz CT molecular complexity index is 737. The molecule has 1 aliphatic heterocycles. The average molecular weight is 341 g/mol. The van der Waals surface area contributed by atoms with Crippen molar-refractivity contribution in [1.82, 2.24) is 20.1 Å². The number of amides is 2. The van der Waals surface area contributed by atoms with Crippen molar-refractivity contribution in [2.24, 2.45) is 0 Å². The average Bonchev–Trinajstić information content (AvgIpc) is 2.99. The molecule has 1 aliphatic rings. The van der Waals surface area contributed by atoms with Crippen molar-refractivity contribution < 1.29 is 22.7 Å². The predicted octanol–water partition coefficient (Wildman–Crippen LogP) is 2.68. The molecule has 0 bridgehead atoms. The van der Waals surface area contributed by atoms with Crippen LogP contribution in [0.2, 0.25) is 0 Å². The molecule has 1 aromatic heterocycles. The Balaban J connectivity index is 1.63. The Hall–Kier alpha value is -2.78. The lowest BCUT2D eigenvalue weighted by Gasteiger charge is -2.23. The van der Waals surface area contributed by atoms with Gasteiger partial charge in [-0.1, -0.05) is 0 Å². The van der Waals surface area contributed by atoms with E-state index in [4.69, 9.17) is 0 Å². The second-order valence-electron chi connectivity index (χ2n) is 5.16. The van der Waals surface area contributed by atoms with Crippen LogP contribution in [0, 0.1) is 5.82 Å². The molecule has 0 saturated carbocycles. The van der Waals surface area contributed by atoms with Crippen molar-refractivity contribution in [2.75, 3.05) is 5.32 Å². The highest BCUT2D eigenvalue weighted by molar-refractivity contribution is 5.89. The quantitative estimate of drug-likeness (QED) is 0.896. The zero-order chi connectivity index (χ0) is 17.1. The molecule has 0 aliphatic carbocycles. The van der Waals surface area contributed by atoms with Gasteiger partial charge in [-0.15, -0.1) is 0 Å². The molecular formula is C14H14F3N5O2. The van der Waals surface area contributed by atoms with Crippen LogP contribution in [0.1, 0.15) is 24.7 Å². The van der Waals surface area contributed by atoms with Crippen LogP contribution in [0.4, 0.5) is 23.7 Å².